The van der Waals surface area contributed by atoms with E-state index in [1.54, 1.807) is 0 Å². The molecule has 1 heterocycles. The van der Waals surface area contributed by atoms with Crippen molar-refractivity contribution in [3.63, 3.8) is 0 Å². The van der Waals surface area contributed by atoms with Gasteiger partial charge in [0.1, 0.15) is 0 Å². The Morgan fingerprint density at radius 3 is 2.38 bits per heavy atom. The fraction of sp³-hybridized carbons (Fsp3) is 0.857. The van der Waals surface area contributed by atoms with E-state index in [0.29, 0.717) is 11.8 Å². The summed E-state index contributed by atoms with van der Waals surface area (Å²) in [6, 6.07) is 0. The van der Waals surface area contributed by atoms with Crippen molar-refractivity contribution in [3.8, 4) is 0 Å². The van der Waals surface area contributed by atoms with E-state index in [-0.39, 0.29) is 11.7 Å². The van der Waals surface area contributed by atoms with Crippen molar-refractivity contribution < 1.29 is 9.47 Å². The van der Waals surface area contributed by atoms with Gasteiger partial charge < -0.3 is 9.47 Å². The van der Waals surface area contributed by atoms with Gasteiger partial charge in [0.05, 0.1) is 13.2 Å². The van der Waals surface area contributed by atoms with Gasteiger partial charge in [0.15, 0.2) is 6.29 Å². The number of hydrogen-bond donors (Lipinski definition) is 0. The fourth-order valence-electron chi connectivity index (χ4n) is 2.46. The molecule has 2 unspecified atom stereocenters. The number of hydrogen-bond acceptors (Lipinski definition) is 2. The highest BCUT2D eigenvalue weighted by Crippen LogP contribution is 2.35. The van der Waals surface area contributed by atoms with E-state index in [9.17, 15) is 0 Å². The minimum Gasteiger partial charge on any atom is -0.352 e. The van der Waals surface area contributed by atoms with Crippen LogP contribution in [-0.4, -0.2) is 19.5 Å². The molecule has 1 aliphatic heterocycles. The molecule has 16 heavy (non-hydrogen) atoms. The van der Waals surface area contributed by atoms with Gasteiger partial charge in [0, 0.05) is 11.3 Å². The fourth-order valence-corrected chi connectivity index (χ4v) is 2.46. The van der Waals surface area contributed by atoms with Crippen LogP contribution < -0.4 is 0 Å². The highest BCUT2D eigenvalue weighted by atomic mass is 16.7. The zero-order valence-corrected chi connectivity index (χ0v) is 10.7. The molecule has 1 aliphatic carbocycles. The van der Waals surface area contributed by atoms with Crippen LogP contribution in [0, 0.1) is 17.3 Å². The zero-order valence-electron chi connectivity index (χ0n) is 10.7. The standard InChI is InChI=1S/C14H24O2/c1-4-14(3)9-15-13(16-10-14)12-8-6-5-7-11(12)2/h5-6,11-13H,4,7-10H2,1-3H3. The maximum atomic E-state index is 5.94. The lowest BCUT2D eigenvalue weighted by atomic mass is 9.82. The van der Waals surface area contributed by atoms with Crippen LogP contribution in [0.2, 0.25) is 0 Å². The lowest BCUT2D eigenvalue weighted by Gasteiger charge is -2.41. The SMILES string of the molecule is CCC1(C)COC(C2CC=CCC2C)OC1. The van der Waals surface area contributed by atoms with Crippen LogP contribution in [0.15, 0.2) is 12.2 Å². The third-order valence-corrected chi connectivity index (χ3v) is 4.21. The molecular weight excluding hydrogens is 200 g/mol. The van der Waals surface area contributed by atoms with E-state index >= 15 is 0 Å². The molecule has 0 spiro atoms. The van der Waals surface area contributed by atoms with E-state index in [1.165, 1.54) is 6.42 Å². The minimum atomic E-state index is 0.0274. The van der Waals surface area contributed by atoms with Crippen LogP contribution in [0.4, 0.5) is 0 Å². The molecule has 1 saturated heterocycles. The Morgan fingerprint density at radius 1 is 1.19 bits per heavy atom. The Bertz CT molecular complexity index is 251. The van der Waals surface area contributed by atoms with Gasteiger partial charge in [-0.3, -0.25) is 0 Å². The van der Waals surface area contributed by atoms with Crippen molar-refractivity contribution in [2.45, 2.75) is 46.3 Å². The van der Waals surface area contributed by atoms with Gasteiger partial charge in [-0.25, -0.2) is 0 Å². The van der Waals surface area contributed by atoms with Crippen LogP contribution in [0.1, 0.15) is 40.0 Å². The second-order valence-corrected chi connectivity index (χ2v) is 5.74. The van der Waals surface area contributed by atoms with Crippen molar-refractivity contribution in [2.24, 2.45) is 17.3 Å². The Morgan fingerprint density at radius 2 is 1.81 bits per heavy atom. The number of allylic oxidation sites excluding steroid dienone is 2. The summed E-state index contributed by atoms with van der Waals surface area (Å²) in [5, 5.41) is 0. The van der Waals surface area contributed by atoms with Gasteiger partial charge in [0.2, 0.25) is 0 Å². The van der Waals surface area contributed by atoms with Crippen molar-refractivity contribution in [2.75, 3.05) is 13.2 Å². The average Bonchev–Trinajstić information content (AvgIpc) is 2.31. The Labute approximate surface area is 99.0 Å². The molecule has 2 aliphatic rings. The Kier molecular flexibility index (Phi) is 3.70. The predicted octanol–water partition coefficient (Wildman–Crippen LogP) is 3.38. The van der Waals surface area contributed by atoms with Crippen molar-refractivity contribution in [3.05, 3.63) is 12.2 Å². The van der Waals surface area contributed by atoms with Gasteiger partial charge in [-0.05, 0) is 25.2 Å². The molecule has 1 fully saturated rings. The molecule has 2 nitrogen and oxygen atoms in total. The highest BCUT2D eigenvalue weighted by molar-refractivity contribution is 4.95. The molecule has 0 radical (unpaired) electrons. The molecule has 2 rings (SSSR count). The summed E-state index contributed by atoms with van der Waals surface area (Å²) in [7, 11) is 0. The summed E-state index contributed by atoms with van der Waals surface area (Å²) < 4.78 is 11.9. The van der Waals surface area contributed by atoms with E-state index in [2.05, 4.69) is 32.9 Å². The molecule has 0 bridgehead atoms. The second-order valence-electron chi connectivity index (χ2n) is 5.74. The van der Waals surface area contributed by atoms with Gasteiger partial charge in [0.25, 0.3) is 0 Å². The largest absolute Gasteiger partial charge is 0.352 e. The first-order chi connectivity index (χ1) is 7.64. The zero-order chi connectivity index (χ0) is 11.6. The van der Waals surface area contributed by atoms with Crippen molar-refractivity contribution in [1.29, 1.82) is 0 Å². The molecule has 2 atom stereocenters. The molecule has 92 valence electrons. The normalized spacial score (nSPS) is 44.6. The Hall–Kier alpha value is -0.340. The van der Waals surface area contributed by atoms with Crippen LogP contribution >= 0.6 is 0 Å². The first kappa shape index (κ1) is 12.1. The van der Waals surface area contributed by atoms with Crippen LogP contribution in [0.25, 0.3) is 0 Å². The lowest BCUT2D eigenvalue weighted by Crippen LogP contribution is -2.44. The molecule has 0 aromatic heterocycles. The van der Waals surface area contributed by atoms with E-state index in [4.69, 9.17) is 9.47 Å². The third-order valence-electron chi connectivity index (χ3n) is 4.21. The maximum absolute atomic E-state index is 5.94. The number of rotatable bonds is 2. The molecule has 0 aromatic carbocycles. The second kappa shape index (κ2) is 4.89. The van der Waals surface area contributed by atoms with Crippen molar-refractivity contribution >= 4 is 0 Å². The minimum absolute atomic E-state index is 0.0274. The smallest absolute Gasteiger partial charge is 0.160 e. The maximum Gasteiger partial charge on any atom is 0.160 e. The molecule has 0 aromatic rings. The van der Waals surface area contributed by atoms with Gasteiger partial charge in [-0.1, -0.05) is 32.9 Å². The monoisotopic (exact) mass is 224 g/mol. The third kappa shape index (κ3) is 2.49. The van der Waals surface area contributed by atoms with E-state index in [1.807, 2.05) is 0 Å². The number of ether oxygens (including phenoxy) is 2. The summed E-state index contributed by atoms with van der Waals surface area (Å²) in [5.74, 6) is 1.23. The molecule has 0 saturated carbocycles. The van der Waals surface area contributed by atoms with Crippen LogP contribution in [0.5, 0.6) is 0 Å². The summed E-state index contributed by atoms with van der Waals surface area (Å²) >= 11 is 0. The van der Waals surface area contributed by atoms with Gasteiger partial charge >= 0.3 is 0 Å². The quantitative estimate of drug-likeness (QED) is 0.669. The molecular formula is C14H24O2. The van der Waals surface area contributed by atoms with E-state index < -0.39 is 0 Å². The first-order valence-electron chi connectivity index (χ1n) is 6.53. The summed E-state index contributed by atoms with van der Waals surface area (Å²) in [6.45, 7) is 8.45. The summed E-state index contributed by atoms with van der Waals surface area (Å²) in [4.78, 5) is 0. The van der Waals surface area contributed by atoms with E-state index in [0.717, 1.165) is 26.1 Å². The Balaban J connectivity index is 1.91. The van der Waals surface area contributed by atoms with Crippen LogP contribution in [-0.2, 0) is 9.47 Å². The van der Waals surface area contributed by atoms with Gasteiger partial charge in [-0.15, -0.1) is 0 Å². The summed E-state index contributed by atoms with van der Waals surface area (Å²) in [6.07, 6.45) is 7.97. The first-order valence-corrected chi connectivity index (χ1v) is 6.53. The predicted molar refractivity (Wildman–Crippen MR) is 65.1 cm³/mol. The van der Waals surface area contributed by atoms with Crippen molar-refractivity contribution in [1.82, 2.24) is 0 Å². The lowest BCUT2D eigenvalue weighted by molar-refractivity contribution is -0.253. The molecule has 0 N–H and O–H groups in total. The summed E-state index contributed by atoms with van der Waals surface area (Å²) in [5.41, 5.74) is 0.226. The highest BCUT2D eigenvalue weighted by Gasteiger charge is 2.36. The molecule has 2 heteroatoms. The van der Waals surface area contributed by atoms with Gasteiger partial charge in [-0.2, -0.15) is 0 Å². The van der Waals surface area contributed by atoms with Crippen LogP contribution in [0.3, 0.4) is 0 Å². The molecule has 0 amide bonds. The average molecular weight is 224 g/mol. The topological polar surface area (TPSA) is 18.5 Å².